The molecule has 0 amide bonds. The molecule has 5 heteroatoms. The van der Waals surface area contributed by atoms with E-state index in [1.165, 1.54) is 36.4 Å². The van der Waals surface area contributed by atoms with E-state index in [-0.39, 0.29) is 17.5 Å². The van der Waals surface area contributed by atoms with Crippen LogP contribution in [0.1, 0.15) is 16.9 Å². The second-order valence-corrected chi connectivity index (χ2v) is 8.78. The summed E-state index contributed by atoms with van der Waals surface area (Å²) < 4.78 is 45.5. The van der Waals surface area contributed by atoms with Crippen molar-refractivity contribution in [1.82, 2.24) is 0 Å². The highest BCUT2D eigenvalue weighted by atomic mass is 19.1. The maximum atomic E-state index is 14.1. The van der Waals surface area contributed by atoms with Crippen LogP contribution >= 0.6 is 0 Å². The van der Waals surface area contributed by atoms with Crippen LogP contribution in [0.2, 0.25) is 0 Å². The highest BCUT2D eigenvalue weighted by Crippen LogP contribution is 2.49. The molecule has 0 saturated heterocycles. The Morgan fingerprint density at radius 3 is 1.54 bits per heavy atom. The van der Waals surface area contributed by atoms with E-state index in [9.17, 15) is 13.2 Å². The van der Waals surface area contributed by atoms with E-state index in [0.29, 0.717) is 0 Å². The van der Waals surface area contributed by atoms with Gasteiger partial charge in [-0.25, -0.2) is 13.2 Å². The second-order valence-electron chi connectivity index (χ2n) is 8.78. The quantitative estimate of drug-likeness (QED) is 0.211. The van der Waals surface area contributed by atoms with Crippen LogP contribution in [0.4, 0.5) is 13.2 Å². The minimum Gasteiger partial charge on any atom is -0.777 e. The fraction of sp³-hybridized carbons (Fsp3) is 0. The van der Waals surface area contributed by atoms with Gasteiger partial charge < -0.3 is 3.96 Å². The van der Waals surface area contributed by atoms with Crippen LogP contribution in [0.3, 0.4) is 0 Å². The fourth-order valence-electron chi connectivity index (χ4n) is 5.53. The molecule has 5 aromatic rings. The molecule has 170 valence electrons. The third-order valence-electron chi connectivity index (χ3n) is 6.93. The molecule has 0 radical (unpaired) electrons. The zero-order valence-corrected chi connectivity index (χ0v) is 18.7. The average Bonchev–Trinajstić information content (AvgIpc) is 3.46. The monoisotopic (exact) mass is 464 g/mol. The van der Waals surface area contributed by atoms with E-state index >= 15 is 0 Å². The zero-order valence-electron chi connectivity index (χ0n) is 18.7. The molecule has 0 aliphatic carbocycles. The molecule has 35 heavy (non-hydrogen) atoms. The van der Waals surface area contributed by atoms with Crippen LogP contribution < -0.4 is 10.9 Å². The van der Waals surface area contributed by atoms with Gasteiger partial charge in [0.1, 0.15) is 17.5 Å². The number of hydrogen-bond donors (Lipinski definition) is 0. The Balaban J connectivity index is 1.80. The smallest absolute Gasteiger partial charge is 0.421 e. The molecule has 0 atom stereocenters. The Hall–Kier alpha value is -4.25. The lowest BCUT2D eigenvalue weighted by molar-refractivity contribution is 0.376. The molecule has 1 aliphatic heterocycles. The molecule has 0 N–H and O–H groups in total. The first-order chi connectivity index (χ1) is 17.1. The van der Waals surface area contributed by atoms with Crippen molar-refractivity contribution in [3.63, 3.8) is 0 Å². The summed E-state index contributed by atoms with van der Waals surface area (Å²) in [6.07, 6.45) is -0.0603. The lowest BCUT2D eigenvalue weighted by atomic mass is 9.27. The van der Waals surface area contributed by atoms with Crippen LogP contribution in [-0.2, 0) is 0 Å². The van der Waals surface area contributed by atoms with E-state index < -0.39 is 6.35 Å². The van der Waals surface area contributed by atoms with Gasteiger partial charge in [0.05, 0.1) is 0 Å². The van der Waals surface area contributed by atoms with E-state index in [4.69, 9.17) is 0 Å². The molecule has 2 heterocycles. The highest BCUT2D eigenvalue weighted by molar-refractivity contribution is 7.13. The van der Waals surface area contributed by atoms with E-state index in [2.05, 4.69) is 3.96 Å². The first kappa shape index (κ1) is 21.3. The Kier molecular flexibility index (Phi) is 4.99. The number of benzene rings is 4. The lowest BCUT2D eigenvalue weighted by Gasteiger charge is -2.39. The molecule has 4 aromatic carbocycles. The zero-order chi connectivity index (χ0) is 24.0. The topological polar surface area (TPSA) is 2.70 Å². The summed E-state index contributed by atoms with van der Waals surface area (Å²) in [6, 6.07) is 33.2. The first-order valence-corrected chi connectivity index (χ1v) is 11.4. The SMILES string of the molecule is Fc1ccc(C2=C(c3ccccc3)c3ccc[o+]3[B-]2(c2ccc(F)cc2)c2ccc(F)cc2)cc1. The maximum absolute atomic E-state index is 14.1. The maximum Gasteiger partial charge on any atom is 0.421 e. The van der Waals surface area contributed by atoms with Gasteiger partial charge in [-0.15, -0.1) is 10.9 Å². The number of hydrogen-bond acceptors (Lipinski definition) is 0. The van der Waals surface area contributed by atoms with E-state index in [0.717, 1.165) is 38.9 Å². The molecule has 6 rings (SSSR count). The van der Waals surface area contributed by atoms with Crippen LogP contribution in [0.5, 0.6) is 0 Å². The summed E-state index contributed by atoms with van der Waals surface area (Å²) >= 11 is 0. The summed E-state index contributed by atoms with van der Waals surface area (Å²) in [6.45, 7) is 0. The molecule has 0 unspecified atom stereocenters. The minimum atomic E-state index is -1.99. The van der Waals surface area contributed by atoms with E-state index in [1.54, 1.807) is 36.4 Å². The number of fused-ring (bicyclic) bond motifs is 1. The van der Waals surface area contributed by atoms with Crippen molar-refractivity contribution in [1.29, 1.82) is 0 Å². The molecule has 0 spiro atoms. The molecular weight excluding hydrogens is 444 g/mol. The van der Waals surface area contributed by atoms with Crippen LogP contribution in [0.15, 0.2) is 125 Å². The summed E-state index contributed by atoms with van der Waals surface area (Å²) in [7, 11) is 0. The lowest BCUT2D eigenvalue weighted by Crippen LogP contribution is -2.59. The summed E-state index contributed by atoms with van der Waals surface area (Å²) in [5.41, 5.74) is 5.41. The molecule has 1 aromatic heterocycles. The van der Waals surface area contributed by atoms with Gasteiger partial charge in [0.25, 0.3) is 0 Å². The highest BCUT2D eigenvalue weighted by Gasteiger charge is 2.52. The van der Waals surface area contributed by atoms with Gasteiger partial charge in [-0.3, -0.25) is 0 Å². The third-order valence-corrected chi connectivity index (χ3v) is 6.93. The normalized spacial score (nSPS) is 14.3. The van der Waals surface area contributed by atoms with Crippen molar-refractivity contribution >= 4 is 28.3 Å². The van der Waals surface area contributed by atoms with Crippen LogP contribution in [0, 0.1) is 17.5 Å². The van der Waals surface area contributed by atoms with Gasteiger partial charge in [0.2, 0.25) is 5.76 Å². The minimum absolute atomic E-state index is 0.331. The Labute approximate surface area is 201 Å². The van der Waals surface area contributed by atoms with Gasteiger partial charge in [-0.1, -0.05) is 72.2 Å². The molecular formula is C30H20BF3O. The van der Waals surface area contributed by atoms with Crippen molar-refractivity contribution in [3.05, 3.63) is 156 Å². The third kappa shape index (κ3) is 3.27. The average molecular weight is 464 g/mol. The predicted octanol–water partition coefficient (Wildman–Crippen LogP) is 6.50. The molecule has 0 bridgehead atoms. The van der Waals surface area contributed by atoms with Crippen molar-refractivity contribution in [3.8, 4) is 0 Å². The summed E-state index contributed by atoms with van der Waals surface area (Å²) in [5.74, 6) is -0.109. The molecule has 1 nitrogen and oxygen atoms in total. The Morgan fingerprint density at radius 1 is 0.486 bits per heavy atom. The standard InChI is InChI=1S/C30H20BF3O/c32-25-14-8-22(9-15-25)30-29(21-5-2-1-3-6-21)28-7-4-20-35(28)31(30,23-10-16-26(33)17-11-23)24-12-18-27(34)19-13-24/h1-20H. The van der Waals surface area contributed by atoms with Crippen molar-refractivity contribution in [2.75, 3.05) is 0 Å². The summed E-state index contributed by atoms with van der Waals surface area (Å²) in [4.78, 5) is 0. The largest absolute Gasteiger partial charge is 0.777 e. The first-order valence-electron chi connectivity index (χ1n) is 11.4. The van der Waals surface area contributed by atoms with Gasteiger partial charge >= 0.3 is 6.35 Å². The second kappa shape index (κ2) is 8.21. The Morgan fingerprint density at radius 2 is 1.00 bits per heavy atom. The van der Waals surface area contributed by atoms with Gasteiger partial charge in [0, 0.05) is 17.7 Å². The molecule has 0 fully saturated rings. The van der Waals surface area contributed by atoms with Gasteiger partial charge in [-0.2, -0.15) is 0 Å². The van der Waals surface area contributed by atoms with Gasteiger partial charge in [0.15, 0.2) is 6.26 Å². The van der Waals surface area contributed by atoms with Crippen LogP contribution in [-0.4, -0.2) is 6.35 Å². The van der Waals surface area contributed by atoms with Gasteiger partial charge in [-0.05, 0) is 47.5 Å². The predicted molar refractivity (Wildman–Crippen MR) is 135 cm³/mol. The summed E-state index contributed by atoms with van der Waals surface area (Å²) in [5, 5.41) is 0. The van der Waals surface area contributed by atoms with Crippen LogP contribution in [0.25, 0.3) is 11.0 Å². The molecule has 0 saturated carbocycles. The number of halogens is 3. The van der Waals surface area contributed by atoms with E-state index in [1.807, 2.05) is 48.7 Å². The van der Waals surface area contributed by atoms with Crippen molar-refractivity contribution in [2.45, 2.75) is 0 Å². The van der Waals surface area contributed by atoms with Crippen molar-refractivity contribution in [2.24, 2.45) is 0 Å². The fourth-order valence-corrected chi connectivity index (χ4v) is 5.53. The number of rotatable bonds is 4. The van der Waals surface area contributed by atoms with Crippen molar-refractivity contribution < 1.29 is 17.1 Å². The molecule has 1 aliphatic rings. The number of furan rings is 1. The Bertz CT molecular complexity index is 1490.